The second-order valence-corrected chi connectivity index (χ2v) is 5.95. The summed E-state index contributed by atoms with van der Waals surface area (Å²) >= 11 is 0. The lowest BCUT2D eigenvalue weighted by atomic mass is 9.91. The second-order valence-electron chi connectivity index (χ2n) is 5.95. The Hall–Kier alpha value is -1.04. The van der Waals surface area contributed by atoms with Gasteiger partial charge in [0.25, 0.3) is 0 Å². The number of hydrogen-bond acceptors (Lipinski definition) is 2. The van der Waals surface area contributed by atoms with Crippen LogP contribution in [0, 0.1) is 0 Å². The first-order chi connectivity index (χ1) is 8.69. The van der Waals surface area contributed by atoms with Gasteiger partial charge in [-0.3, -0.25) is 4.68 Å². The summed E-state index contributed by atoms with van der Waals surface area (Å²) in [6, 6.07) is 1.18. The van der Waals surface area contributed by atoms with Gasteiger partial charge in [0.2, 0.25) is 0 Å². The van der Waals surface area contributed by atoms with Gasteiger partial charge < -0.3 is 4.74 Å². The quantitative estimate of drug-likeness (QED) is 0.784. The Bertz CT molecular complexity index is 440. The molecule has 0 amide bonds. The molecule has 0 aliphatic carbocycles. The van der Waals surface area contributed by atoms with Crippen molar-refractivity contribution in [2.75, 3.05) is 13.2 Å². The van der Waals surface area contributed by atoms with Crippen LogP contribution in [0.15, 0.2) is 6.07 Å². The molecular weight excluding hydrogens is 257 g/mol. The SMILES string of the molecule is CC(C)(C)c1cc(C(F)(F)F)nn1C1CCOCC1. The van der Waals surface area contributed by atoms with Crippen molar-refractivity contribution in [3.05, 3.63) is 17.5 Å². The van der Waals surface area contributed by atoms with E-state index in [-0.39, 0.29) is 11.5 Å². The van der Waals surface area contributed by atoms with Crippen molar-refractivity contribution in [2.45, 2.75) is 51.2 Å². The minimum atomic E-state index is -4.39. The van der Waals surface area contributed by atoms with Crippen LogP contribution in [0.3, 0.4) is 0 Å². The highest BCUT2D eigenvalue weighted by atomic mass is 19.4. The Balaban J connectivity index is 2.42. The van der Waals surface area contributed by atoms with Crippen molar-refractivity contribution in [3.8, 4) is 0 Å². The van der Waals surface area contributed by atoms with E-state index in [1.54, 1.807) is 4.68 Å². The molecule has 2 heterocycles. The molecule has 0 unspecified atom stereocenters. The zero-order valence-corrected chi connectivity index (χ0v) is 11.4. The van der Waals surface area contributed by atoms with Crippen LogP contribution in [0.1, 0.15) is 51.0 Å². The van der Waals surface area contributed by atoms with Crippen molar-refractivity contribution in [1.29, 1.82) is 0 Å². The molecule has 1 aromatic rings. The summed E-state index contributed by atoms with van der Waals surface area (Å²) in [4.78, 5) is 0. The van der Waals surface area contributed by atoms with E-state index in [2.05, 4.69) is 5.10 Å². The molecular formula is C13H19F3N2O. The molecule has 0 atom stereocenters. The largest absolute Gasteiger partial charge is 0.435 e. The number of ether oxygens (including phenoxy) is 1. The van der Waals surface area contributed by atoms with Crippen LogP contribution < -0.4 is 0 Å². The average molecular weight is 276 g/mol. The number of halogens is 3. The molecule has 1 aliphatic rings. The molecule has 0 saturated carbocycles. The van der Waals surface area contributed by atoms with Crippen molar-refractivity contribution in [1.82, 2.24) is 9.78 Å². The summed E-state index contributed by atoms with van der Waals surface area (Å²) < 4.78 is 45.3. The van der Waals surface area contributed by atoms with Crippen LogP contribution in [0.25, 0.3) is 0 Å². The molecule has 0 aromatic carbocycles. The van der Waals surface area contributed by atoms with Gasteiger partial charge in [-0.05, 0) is 18.9 Å². The fourth-order valence-electron chi connectivity index (χ4n) is 2.30. The van der Waals surface area contributed by atoms with E-state index < -0.39 is 11.9 Å². The maximum atomic E-state index is 12.8. The van der Waals surface area contributed by atoms with Crippen molar-refractivity contribution >= 4 is 0 Å². The van der Waals surface area contributed by atoms with E-state index in [4.69, 9.17) is 4.74 Å². The highest BCUT2D eigenvalue weighted by Crippen LogP contribution is 2.35. The number of alkyl halides is 3. The van der Waals surface area contributed by atoms with E-state index >= 15 is 0 Å². The second kappa shape index (κ2) is 4.81. The van der Waals surface area contributed by atoms with Crippen LogP contribution in [-0.4, -0.2) is 23.0 Å². The van der Waals surface area contributed by atoms with Crippen molar-refractivity contribution < 1.29 is 17.9 Å². The van der Waals surface area contributed by atoms with Gasteiger partial charge in [-0.1, -0.05) is 20.8 Å². The first-order valence-electron chi connectivity index (χ1n) is 6.44. The lowest BCUT2D eigenvalue weighted by Gasteiger charge is -2.28. The standard InChI is InChI=1S/C13H19F3N2O/c1-12(2,3)11-8-10(13(14,15)16)17-18(11)9-4-6-19-7-5-9/h8-9H,4-7H2,1-3H3. The van der Waals surface area contributed by atoms with Crippen LogP contribution in [0.4, 0.5) is 13.2 Å². The molecule has 6 heteroatoms. The van der Waals surface area contributed by atoms with Crippen LogP contribution in [0.2, 0.25) is 0 Å². The predicted molar refractivity (Wildman–Crippen MR) is 65.0 cm³/mol. The maximum Gasteiger partial charge on any atom is 0.435 e. The summed E-state index contributed by atoms with van der Waals surface area (Å²) in [5.74, 6) is 0. The Labute approximate surface area is 110 Å². The minimum absolute atomic E-state index is 0.000856. The third kappa shape index (κ3) is 3.11. The molecule has 0 bridgehead atoms. The molecule has 19 heavy (non-hydrogen) atoms. The maximum absolute atomic E-state index is 12.8. The first-order valence-corrected chi connectivity index (χ1v) is 6.44. The number of hydrogen-bond donors (Lipinski definition) is 0. The van der Waals surface area contributed by atoms with Gasteiger partial charge in [0.05, 0.1) is 6.04 Å². The number of rotatable bonds is 1. The molecule has 0 radical (unpaired) electrons. The summed E-state index contributed by atoms with van der Waals surface area (Å²) in [7, 11) is 0. The van der Waals surface area contributed by atoms with E-state index in [1.165, 1.54) is 6.07 Å². The van der Waals surface area contributed by atoms with Gasteiger partial charge in [0.15, 0.2) is 5.69 Å². The highest BCUT2D eigenvalue weighted by molar-refractivity contribution is 5.20. The first kappa shape index (κ1) is 14.4. The van der Waals surface area contributed by atoms with Gasteiger partial charge in [0.1, 0.15) is 0 Å². The Morgan fingerprint density at radius 3 is 2.26 bits per heavy atom. The third-order valence-corrected chi connectivity index (χ3v) is 3.33. The minimum Gasteiger partial charge on any atom is -0.381 e. The van der Waals surface area contributed by atoms with Crippen LogP contribution in [-0.2, 0) is 16.3 Å². The molecule has 1 aromatic heterocycles. The molecule has 0 spiro atoms. The van der Waals surface area contributed by atoms with Gasteiger partial charge in [-0.2, -0.15) is 18.3 Å². The van der Waals surface area contributed by atoms with Gasteiger partial charge in [0, 0.05) is 24.3 Å². The van der Waals surface area contributed by atoms with Gasteiger partial charge in [-0.25, -0.2) is 0 Å². The molecule has 1 aliphatic heterocycles. The predicted octanol–water partition coefficient (Wildman–Crippen LogP) is 3.55. The van der Waals surface area contributed by atoms with Crippen molar-refractivity contribution in [3.63, 3.8) is 0 Å². The lowest BCUT2D eigenvalue weighted by Crippen LogP contribution is -2.26. The Morgan fingerprint density at radius 1 is 1.21 bits per heavy atom. The molecule has 3 nitrogen and oxygen atoms in total. The number of aromatic nitrogens is 2. The summed E-state index contributed by atoms with van der Waals surface area (Å²) in [5, 5.41) is 3.81. The monoisotopic (exact) mass is 276 g/mol. The zero-order valence-electron chi connectivity index (χ0n) is 11.4. The van der Waals surface area contributed by atoms with E-state index in [0.717, 1.165) is 0 Å². The fourth-order valence-corrected chi connectivity index (χ4v) is 2.30. The summed E-state index contributed by atoms with van der Waals surface area (Å²) in [6.07, 6.45) is -2.97. The van der Waals surface area contributed by atoms with E-state index in [1.807, 2.05) is 20.8 Å². The fraction of sp³-hybridized carbons (Fsp3) is 0.769. The molecule has 108 valence electrons. The van der Waals surface area contributed by atoms with Gasteiger partial charge >= 0.3 is 6.18 Å². The van der Waals surface area contributed by atoms with Gasteiger partial charge in [-0.15, -0.1) is 0 Å². The molecule has 2 rings (SSSR count). The number of nitrogens with zero attached hydrogens (tertiary/aromatic N) is 2. The summed E-state index contributed by atoms with van der Waals surface area (Å²) in [6.45, 7) is 6.87. The zero-order chi connectivity index (χ0) is 14.3. The van der Waals surface area contributed by atoms with Crippen LogP contribution >= 0.6 is 0 Å². The smallest absolute Gasteiger partial charge is 0.381 e. The Morgan fingerprint density at radius 2 is 1.79 bits per heavy atom. The van der Waals surface area contributed by atoms with E-state index in [9.17, 15) is 13.2 Å². The lowest BCUT2D eigenvalue weighted by molar-refractivity contribution is -0.141. The molecule has 1 saturated heterocycles. The van der Waals surface area contributed by atoms with E-state index in [0.29, 0.717) is 31.7 Å². The van der Waals surface area contributed by atoms with Crippen LogP contribution in [0.5, 0.6) is 0 Å². The van der Waals surface area contributed by atoms with Crippen molar-refractivity contribution in [2.24, 2.45) is 0 Å². The summed E-state index contributed by atoms with van der Waals surface area (Å²) in [5.41, 5.74) is -0.537. The topological polar surface area (TPSA) is 27.1 Å². The average Bonchev–Trinajstić information content (AvgIpc) is 2.74. The normalized spacial score (nSPS) is 18.8. The molecule has 1 fully saturated rings. The Kier molecular flexibility index (Phi) is 3.64. The highest BCUT2D eigenvalue weighted by Gasteiger charge is 2.37. The molecule has 0 N–H and O–H groups in total. The third-order valence-electron chi connectivity index (χ3n) is 3.33.